The molecule has 0 bridgehead atoms. The van der Waals surface area contributed by atoms with Crippen molar-refractivity contribution in [3.8, 4) is 0 Å². The molecule has 0 saturated heterocycles. The van der Waals surface area contributed by atoms with Gasteiger partial charge in [0, 0.05) is 18.4 Å². The minimum absolute atomic E-state index is 0.120. The molecule has 24 heavy (non-hydrogen) atoms. The van der Waals surface area contributed by atoms with Gasteiger partial charge < -0.3 is 10.6 Å². The highest BCUT2D eigenvalue weighted by Gasteiger charge is 2.22. The largest absolute Gasteiger partial charge is 0.356 e. The highest BCUT2D eigenvalue weighted by molar-refractivity contribution is 8.07. The summed E-state index contributed by atoms with van der Waals surface area (Å²) < 4.78 is 26.1. The molecule has 0 fully saturated rings. The number of rotatable bonds is 5. The van der Waals surface area contributed by atoms with Gasteiger partial charge in [-0.2, -0.15) is 8.42 Å². The number of anilines is 3. The van der Waals surface area contributed by atoms with Crippen LogP contribution in [0.25, 0.3) is 0 Å². The summed E-state index contributed by atoms with van der Waals surface area (Å²) in [5, 5.41) is 4.85. The Morgan fingerprint density at radius 3 is 2.58 bits per heavy atom. The molecular formula is C14H14Cl2N4O3S. The summed E-state index contributed by atoms with van der Waals surface area (Å²) in [6.07, 6.45) is 2.76. The van der Waals surface area contributed by atoms with Gasteiger partial charge in [-0.05, 0) is 31.2 Å². The molecule has 1 heterocycles. The Kier molecular flexibility index (Phi) is 5.87. The summed E-state index contributed by atoms with van der Waals surface area (Å²) >= 11 is 11.8. The summed E-state index contributed by atoms with van der Waals surface area (Å²) in [4.78, 5) is 15.4. The number of pyridine rings is 1. The second-order valence-electron chi connectivity index (χ2n) is 4.60. The third-order valence-corrected chi connectivity index (χ3v) is 4.69. The lowest BCUT2D eigenvalue weighted by molar-refractivity contribution is 0.259. The van der Waals surface area contributed by atoms with Crippen molar-refractivity contribution in [3.05, 3.63) is 46.7 Å². The molecule has 2 rings (SSSR count). The van der Waals surface area contributed by atoms with Crippen LogP contribution < -0.4 is 15.4 Å². The minimum Gasteiger partial charge on any atom is -0.354 e. The van der Waals surface area contributed by atoms with E-state index in [2.05, 4.69) is 20.3 Å². The van der Waals surface area contributed by atoms with Gasteiger partial charge in [0.1, 0.15) is 0 Å². The maximum atomic E-state index is 12.0. The van der Waals surface area contributed by atoms with E-state index in [0.29, 0.717) is 21.4 Å². The van der Waals surface area contributed by atoms with Crippen molar-refractivity contribution in [3.63, 3.8) is 0 Å². The summed E-state index contributed by atoms with van der Waals surface area (Å²) in [7, 11) is -4.23. The van der Waals surface area contributed by atoms with E-state index in [9.17, 15) is 13.2 Å². The number of sulfonamides is 1. The monoisotopic (exact) mass is 388 g/mol. The first-order valence-corrected chi connectivity index (χ1v) is 9.04. The zero-order valence-corrected chi connectivity index (χ0v) is 14.8. The van der Waals surface area contributed by atoms with E-state index in [4.69, 9.17) is 23.2 Å². The molecule has 2 aromatic rings. The van der Waals surface area contributed by atoms with Crippen LogP contribution in [0.3, 0.4) is 0 Å². The lowest BCUT2D eigenvalue weighted by atomic mass is 10.3. The van der Waals surface area contributed by atoms with Crippen LogP contribution in [0.5, 0.6) is 0 Å². The molecule has 7 nitrogen and oxygen atoms in total. The smallest absolute Gasteiger partial charge is 0.354 e. The van der Waals surface area contributed by atoms with Crippen molar-refractivity contribution in [2.45, 2.75) is 6.92 Å². The minimum atomic E-state index is -4.23. The topological polar surface area (TPSA) is 100 Å². The first-order valence-electron chi connectivity index (χ1n) is 6.80. The van der Waals surface area contributed by atoms with Gasteiger partial charge in [0.2, 0.25) is 0 Å². The summed E-state index contributed by atoms with van der Waals surface area (Å²) in [5.41, 5.74) is 1.11. The van der Waals surface area contributed by atoms with Gasteiger partial charge in [-0.25, -0.2) is 0 Å². The van der Waals surface area contributed by atoms with E-state index >= 15 is 0 Å². The highest BCUT2D eigenvalue weighted by atomic mass is 35.5. The zero-order chi connectivity index (χ0) is 17.7. The van der Waals surface area contributed by atoms with Crippen molar-refractivity contribution < 1.29 is 13.2 Å². The summed E-state index contributed by atoms with van der Waals surface area (Å²) in [6.45, 7) is 1.82. The number of carbonyl (C=O) groups excluding carboxylic acids is 1. The fourth-order valence-electron chi connectivity index (χ4n) is 1.74. The quantitative estimate of drug-likeness (QED) is 0.726. The van der Waals surface area contributed by atoms with Gasteiger partial charge in [0.05, 0.1) is 27.6 Å². The third kappa shape index (κ3) is 4.50. The van der Waals surface area contributed by atoms with E-state index in [1.54, 1.807) is 31.2 Å². The van der Waals surface area contributed by atoms with E-state index in [1.807, 2.05) is 0 Å². The number of halogens is 2. The number of aromatic nitrogens is 1. The number of nitrogens with zero attached hydrogens (tertiary/aromatic N) is 1. The van der Waals surface area contributed by atoms with Crippen LogP contribution in [0.15, 0.2) is 36.7 Å². The second-order valence-corrected chi connectivity index (χ2v) is 6.99. The summed E-state index contributed by atoms with van der Waals surface area (Å²) in [6, 6.07) is 6.42. The highest BCUT2D eigenvalue weighted by Crippen LogP contribution is 2.29. The lowest BCUT2D eigenvalue weighted by Crippen LogP contribution is -2.33. The first kappa shape index (κ1) is 18.3. The van der Waals surface area contributed by atoms with E-state index < -0.39 is 15.3 Å². The Morgan fingerprint density at radius 2 is 1.92 bits per heavy atom. The van der Waals surface area contributed by atoms with E-state index in [1.165, 1.54) is 12.4 Å². The molecule has 0 atom stereocenters. The molecule has 1 aromatic carbocycles. The van der Waals surface area contributed by atoms with Gasteiger partial charge in [0.25, 0.3) is 0 Å². The maximum absolute atomic E-state index is 12.0. The SMILES string of the molecule is CCNC(=O)S(=O)(=O)Nc1cnccc1Nc1ccc(Cl)c(Cl)c1. The molecule has 1 aromatic heterocycles. The molecule has 10 heteroatoms. The number of amides is 1. The Hall–Kier alpha value is -2.03. The van der Waals surface area contributed by atoms with Crippen LogP contribution in [-0.4, -0.2) is 25.2 Å². The average Bonchev–Trinajstić information content (AvgIpc) is 2.53. The number of hydrogen-bond donors (Lipinski definition) is 3. The molecule has 0 aliphatic carbocycles. The molecule has 0 aliphatic heterocycles. The lowest BCUT2D eigenvalue weighted by Gasteiger charge is -2.13. The number of carbonyl (C=O) groups is 1. The van der Waals surface area contributed by atoms with Crippen LogP contribution in [0.2, 0.25) is 10.0 Å². The fraction of sp³-hybridized carbons (Fsp3) is 0.143. The van der Waals surface area contributed by atoms with Crippen molar-refractivity contribution in [2.24, 2.45) is 0 Å². The Balaban J connectivity index is 2.27. The standard InChI is InChI=1S/C14H14Cl2N4O3S/c1-2-18-14(21)24(22,23)20-13-8-17-6-5-12(13)19-9-3-4-10(15)11(16)7-9/h3-8,20H,2H2,1H3,(H,17,19)(H,18,21). The van der Waals surface area contributed by atoms with Crippen LogP contribution in [-0.2, 0) is 10.0 Å². The predicted octanol–water partition coefficient (Wildman–Crippen LogP) is 3.60. The average molecular weight is 389 g/mol. The van der Waals surface area contributed by atoms with Gasteiger partial charge in [-0.15, -0.1) is 0 Å². The maximum Gasteiger partial charge on any atom is 0.356 e. The summed E-state index contributed by atoms with van der Waals surface area (Å²) in [5.74, 6) is 0. The van der Waals surface area contributed by atoms with Gasteiger partial charge in [-0.3, -0.25) is 14.5 Å². The van der Waals surface area contributed by atoms with Gasteiger partial charge >= 0.3 is 15.3 Å². The number of benzene rings is 1. The van der Waals surface area contributed by atoms with Gasteiger partial charge in [-0.1, -0.05) is 23.2 Å². The second kappa shape index (κ2) is 7.69. The van der Waals surface area contributed by atoms with Crippen LogP contribution in [0.4, 0.5) is 21.9 Å². The molecular weight excluding hydrogens is 375 g/mol. The number of hydrogen-bond acceptors (Lipinski definition) is 5. The Bertz CT molecular complexity index is 859. The molecule has 0 radical (unpaired) electrons. The van der Waals surface area contributed by atoms with Crippen LogP contribution in [0, 0.1) is 0 Å². The third-order valence-electron chi connectivity index (χ3n) is 2.83. The molecule has 1 amide bonds. The van der Waals surface area contributed by atoms with Gasteiger partial charge in [0.15, 0.2) is 0 Å². The van der Waals surface area contributed by atoms with Crippen LogP contribution >= 0.6 is 23.2 Å². The van der Waals surface area contributed by atoms with Crippen molar-refractivity contribution in [2.75, 3.05) is 16.6 Å². The molecule has 0 saturated carbocycles. The fourth-order valence-corrected chi connectivity index (χ4v) is 2.92. The van der Waals surface area contributed by atoms with Crippen molar-refractivity contribution in [1.29, 1.82) is 0 Å². The Labute approximate surface area is 149 Å². The zero-order valence-electron chi connectivity index (χ0n) is 12.5. The molecule has 0 unspecified atom stereocenters. The molecule has 0 aliphatic rings. The Morgan fingerprint density at radius 1 is 1.17 bits per heavy atom. The van der Waals surface area contributed by atoms with E-state index in [0.717, 1.165) is 0 Å². The molecule has 3 N–H and O–H groups in total. The van der Waals surface area contributed by atoms with Crippen molar-refractivity contribution >= 4 is 55.5 Å². The van der Waals surface area contributed by atoms with Crippen molar-refractivity contribution in [1.82, 2.24) is 10.3 Å². The molecule has 0 spiro atoms. The molecule has 128 valence electrons. The first-order chi connectivity index (χ1) is 11.3. The van der Waals surface area contributed by atoms with Crippen LogP contribution in [0.1, 0.15) is 6.92 Å². The normalized spacial score (nSPS) is 11.0. The van der Waals surface area contributed by atoms with E-state index in [-0.39, 0.29) is 12.2 Å². The predicted molar refractivity (Wildman–Crippen MR) is 95.6 cm³/mol. The number of nitrogens with one attached hydrogen (secondary N) is 3.